The molecule has 0 aliphatic carbocycles. The molecule has 70 valence electrons. The highest BCUT2D eigenvalue weighted by Crippen LogP contribution is 2.04. The van der Waals surface area contributed by atoms with Gasteiger partial charge < -0.3 is 14.8 Å². The molecular formula is C8H15NO3. The molecule has 0 saturated heterocycles. The van der Waals surface area contributed by atoms with E-state index in [9.17, 15) is 9.59 Å². The quantitative estimate of drug-likeness (QED) is 0.638. The lowest BCUT2D eigenvalue weighted by Gasteiger charge is -2.19. The third-order valence-corrected chi connectivity index (χ3v) is 1.81. The Labute approximate surface area is 72.2 Å². The zero-order chi connectivity index (χ0) is 9.56. The van der Waals surface area contributed by atoms with Gasteiger partial charge in [-0.1, -0.05) is 19.8 Å². The molecule has 0 aromatic heterocycles. The Morgan fingerprint density at radius 2 is 2.25 bits per heavy atom. The van der Waals surface area contributed by atoms with Crippen molar-refractivity contribution in [2.45, 2.75) is 32.2 Å². The van der Waals surface area contributed by atoms with Crippen LogP contribution in [0.2, 0.25) is 0 Å². The van der Waals surface area contributed by atoms with Crippen LogP contribution in [0.1, 0.15) is 26.2 Å². The number of hydrogen-bond donors (Lipinski definition) is 1. The van der Waals surface area contributed by atoms with Gasteiger partial charge in [0, 0.05) is 7.05 Å². The Bertz CT molecular complexity index is 158. The van der Waals surface area contributed by atoms with Gasteiger partial charge in [0.15, 0.2) is 0 Å². The second-order valence-electron chi connectivity index (χ2n) is 2.74. The molecule has 0 rings (SSSR count). The van der Waals surface area contributed by atoms with Crippen LogP contribution in [0.4, 0.5) is 4.79 Å². The molecule has 1 unspecified atom stereocenters. The SMILES string of the molecule is CCCCC(C=O)N(C)C(=O)O. The van der Waals surface area contributed by atoms with Gasteiger partial charge in [-0.2, -0.15) is 0 Å². The van der Waals surface area contributed by atoms with Crippen molar-refractivity contribution in [1.82, 2.24) is 4.90 Å². The van der Waals surface area contributed by atoms with E-state index >= 15 is 0 Å². The highest BCUT2D eigenvalue weighted by atomic mass is 16.4. The topological polar surface area (TPSA) is 57.6 Å². The minimum atomic E-state index is -1.05. The number of aldehydes is 1. The number of carboxylic acid groups (broad SMARTS) is 1. The summed E-state index contributed by atoms with van der Waals surface area (Å²) in [4.78, 5) is 21.9. The van der Waals surface area contributed by atoms with Gasteiger partial charge in [0.1, 0.15) is 6.29 Å². The number of carbonyl (C=O) groups is 2. The van der Waals surface area contributed by atoms with Crippen molar-refractivity contribution in [1.29, 1.82) is 0 Å². The Balaban J connectivity index is 3.95. The lowest BCUT2D eigenvalue weighted by atomic mass is 10.1. The maximum atomic E-state index is 10.5. The van der Waals surface area contributed by atoms with Crippen molar-refractivity contribution < 1.29 is 14.7 Å². The smallest absolute Gasteiger partial charge is 0.407 e. The predicted molar refractivity (Wildman–Crippen MR) is 45.2 cm³/mol. The van der Waals surface area contributed by atoms with Crippen LogP contribution < -0.4 is 0 Å². The monoisotopic (exact) mass is 173 g/mol. The first-order valence-corrected chi connectivity index (χ1v) is 4.04. The number of carbonyl (C=O) groups excluding carboxylic acids is 1. The molecule has 0 aliphatic heterocycles. The highest BCUT2D eigenvalue weighted by molar-refractivity contribution is 5.71. The van der Waals surface area contributed by atoms with Crippen LogP contribution in [-0.2, 0) is 4.79 Å². The minimum absolute atomic E-state index is 0.484. The molecule has 0 saturated carbocycles. The molecule has 0 bridgehead atoms. The molecule has 0 aromatic carbocycles. The Morgan fingerprint density at radius 1 is 1.67 bits per heavy atom. The summed E-state index contributed by atoms with van der Waals surface area (Å²) in [5, 5.41) is 8.55. The fourth-order valence-electron chi connectivity index (χ4n) is 0.908. The van der Waals surface area contributed by atoms with Crippen molar-refractivity contribution in [2.24, 2.45) is 0 Å². The summed E-state index contributed by atoms with van der Waals surface area (Å²) in [7, 11) is 1.41. The van der Waals surface area contributed by atoms with Crippen molar-refractivity contribution >= 4 is 12.4 Å². The zero-order valence-electron chi connectivity index (χ0n) is 7.49. The Morgan fingerprint density at radius 3 is 2.58 bits per heavy atom. The third-order valence-electron chi connectivity index (χ3n) is 1.81. The molecule has 4 heteroatoms. The van der Waals surface area contributed by atoms with Gasteiger partial charge in [0.25, 0.3) is 0 Å². The Kier molecular flexibility index (Phi) is 5.08. The minimum Gasteiger partial charge on any atom is -0.465 e. The molecule has 0 fully saturated rings. The fraction of sp³-hybridized carbons (Fsp3) is 0.750. The first-order valence-electron chi connectivity index (χ1n) is 4.04. The first kappa shape index (κ1) is 10.9. The van der Waals surface area contributed by atoms with Crippen molar-refractivity contribution in [3.63, 3.8) is 0 Å². The lowest BCUT2D eigenvalue weighted by Crippen LogP contribution is -2.36. The standard InChI is InChI=1S/C8H15NO3/c1-3-4-5-7(6-10)9(2)8(11)12/h6-7H,3-5H2,1-2H3,(H,11,12). The third kappa shape index (κ3) is 3.37. The summed E-state index contributed by atoms with van der Waals surface area (Å²) < 4.78 is 0. The molecule has 0 radical (unpaired) electrons. The molecule has 0 aliphatic rings. The van der Waals surface area contributed by atoms with Gasteiger partial charge in [-0.25, -0.2) is 4.79 Å². The average molecular weight is 173 g/mol. The summed E-state index contributed by atoms with van der Waals surface area (Å²) in [5.41, 5.74) is 0. The number of rotatable bonds is 5. The van der Waals surface area contributed by atoms with Crippen LogP contribution in [0.15, 0.2) is 0 Å². The summed E-state index contributed by atoms with van der Waals surface area (Å²) in [6.45, 7) is 2.00. The van der Waals surface area contributed by atoms with E-state index in [1.165, 1.54) is 7.05 Å². The highest BCUT2D eigenvalue weighted by Gasteiger charge is 2.16. The van der Waals surface area contributed by atoms with Gasteiger partial charge in [-0.05, 0) is 6.42 Å². The van der Waals surface area contributed by atoms with Gasteiger partial charge in [0.05, 0.1) is 6.04 Å². The van der Waals surface area contributed by atoms with Crippen LogP contribution in [0, 0.1) is 0 Å². The number of unbranched alkanes of at least 4 members (excludes halogenated alkanes) is 1. The van der Waals surface area contributed by atoms with E-state index in [1.54, 1.807) is 0 Å². The normalized spacial score (nSPS) is 12.2. The molecule has 0 aromatic rings. The summed E-state index contributed by atoms with van der Waals surface area (Å²) in [6, 6.07) is -0.484. The summed E-state index contributed by atoms with van der Waals surface area (Å²) >= 11 is 0. The molecule has 0 spiro atoms. The van der Waals surface area contributed by atoms with Crippen molar-refractivity contribution in [3.05, 3.63) is 0 Å². The van der Waals surface area contributed by atoms with Crippen molar-refractivity contribution in [2.75, 3.05) is 7.05 Å². The molecule has 4 nitrogen and oxygen atoms in total. The van der Waals surface area contributed by atoms with E-state index in [2.05, 4.69) is 0 Å². The van der Waals surface area contributed by atoms with E-state index in [1.807, 2.05) is 6.92 Å². The average Bonchev–Trinajstić information content (AvgIpc) is 2.05. The van der Waals surface area contributed by atoms with Crippen LogP contribution in [0.25, 0.3) is 0 Å². The van der Waals surface area contributed by atoms with E-state index in [-0.39, 0.29) is 0 Å². The predicted octanol–water partition coefficient (Wildman–Crippen LogP) is 1.35. The summed E-state index contributed by atoms with van der Waals surface area (Å²) in [6.07, 6.45) is 2.09. The van der Waals surface area contributed by atoms with Crippen LogP contribution >= 0.6 is 0 Å². The molecule has 1 atom stereocenters. The van der Waals surface area contributed by atoms with Crippen LogP contribution in [-0.4, -0.2) is 35.5 Å². The maximum absolute atomic E-state index is 10.5. The number of nitrogens with zero attached hydrogens (tertiary/aromatic N) is 1. The molecule has 12 heavy (non-hydrogen) atoms. The largest absolute Gasteiger partial charge is 0.465 e. The van der Waals surface area contributed by atoms with Gasteiger partial charge in [-0.3, -0.25) is 0 Å². The van der Waals surface area contributed by atoms with E-state index in [4.69, 9.17) is 5.11 Å². The van der Waals surface area contributed by atoms with Gasteiger partial charge in [-0.15, -0.1) is 0 Å². The van der Waals surface area contributed by atoms with E-state index in [0.29, 0.717) is 12.7 Å². The number of hydrogen-bond acceptors (Lipinski definition) is 2. The molecule has 1 N–H and O–H groups in total. The van der Waals surface area contributed by atoms with Gasteiger partial charge >= 0.3 is 6.09 Å². The lowest BCUT2D eigenvalue weighted by molar-refractivity contribution is -0.111. The zero-order valence-corrected chi connectivity index (χ0v) is 7.49. The molecule has 1 amide bonds. The summed E-state index contributed by atoms with van der Waals surface area (Å²) in [5.74, 6) is 0. The molecular weight excluding hydrogens is 158 g/mol. The van der Waals surface area contributed by atoms with E-state index in [0.717, 1.165) is 17.7 Å². The van der Waals surface area contributed by atoms with Gasteiger partial charge in [0.2, 0.25) is 0 Å². The molecule has 0 heterocycles. The van der Waals surface area contributed by atoms with E-state index < -0.39 is 12.1 Å². The number of likely N-dealkylation sites (N-methyl/N-ethyl adjacent to an activating group) is 1. The first-order chi connectivity index (χ1) is 5.63. The second-order valence-corrected chi connectivity index (χ2v) is 2.74. The maximum Gasteiger partial charge on any atom is 0.407 e. The van der Waals surface area contributed by atoms with Crippen molar-refractivity contribution in [3.8, 4) is 0 Å². The fourth-order valence-corrected chi connectivity index (χ4v) is 0.908. The van der Waals surface area contributed by atoms with Crippen LogP contribution in [0.5, 0.6) is 0 Å². The second kappa shape index (κ2) is 5.57. The Hall–Kier alpha value is -1.06. The number of amides is 1. The van der Waals surface area contributed by atoms with Crippen LogP contribution in [0.3, 0.4) is 0 Å².